The van der Waals surface area contributed by atoms with Crippen molar-refractivity contribution >= 4 is 16.7 Å². The molecule has 0 radical (unpaired) electrons. The molecule has 1 N–H and O–H groups in total. The van der Waals surface area contributed by atoms with Gasteiger partial charge in [0.05, 0.1) is 5.69 Å². The van der Waals surface area contributed by atoms with E-state index in [0.717, 1.165) is 33.6 Å². The molecule has 0 saturated carbocycles. The summed E-state index contributed by atoms with van der Waals surface area (Å²) in [6, 6.07) is 15.1. The summed E-state index contributed by atoms with van der Waals surface area (Å²) in [5.41, 5.74) is 4.59. The first-order valence-electron chi connectivity index (χ1n) is 6.75. The van der Waals surface area contributed by atoms with E-state index in [1.807, 2.05) is 47.9 Å². The van der Waals surface area contributed by atoms with Crippen molar-refractivity contribution in [2.45, 2.75) is 6.92 Å². The van der Waals surface area contributed by atoms with Crippen molar-refractivity contribution in [3.8, 4) is 17.0 Å². The van der Waals surface area contributed by atoms with Gasteiger partial charge < -0.3 is 5.11 Å². The molecule has 0 bridgehead atoms. The third kappa shape index (κ3) is 1.92. The molecular formula is C17H13N3O. The maximum absolute atomic E-state index is 9.38. The highest BCUT2D eigenvalue weighted by atomic mass is 16.3. The summed E-state index contributed by atoms with van der Waals surface area (Å²) in [6.45, 7) is 1.98. The van der Waals surface area contributed by atoms with E-state index in [1.165, 1.54) is 0 Å². The molecule has 4 heteroatoms. The standard InChI is InChI=1S/C17H13N3O/c1-11-2-3-13-6-9-16-19-15(10-20(16)17(13)18-11)12-4-7-14(21)8-5-12/h2-10,21H,1H3. The number of nitrogens with zero attached hydrogens (tertiary/aromatic N) is 3. The molecule has 0 atom stereocenters. The van der Waals surface area contributed by atoms with E-state index in [-0.39, 0.29) is 5.75 Å². The van der Waals surface area contributed by atoms with Gasteiger partial charge >= 0.3 is 0 Å². The molecule has 0 spiro atoms. The third-order valence-corrected chi connectivity index (χ3v) is 3.58. The van der Waals surface area contributed by atoms with Gasteiger partial charge in [-0.15, -0.1) is 0 Å². The molecule has 1 aromatic carbocycles. The fourth-order valence-corrected chi connectivity index (χ4v) is 2.49. The highest BCUT2D eigenvalue weighted by Crippen LogP contribution is 2.24. The minimum absolute atomic E-state index is 0.255. The van der Waals surface area contributed by atoms with Crippen LogP contribution in [0.1, 0.15) is 5.69 Å². The Balaban J connectivity index is 1.99. The van der Waals surface area contributed by atoms with E-state index in [0.29, 0.717) is 0 Å². The number of phenols is 1. The second-order valence-corrected chi connectivity index (χ2v) is 5.10. The molecule has 0 aliphatic heterocycles. The van der Waals surface area contributed by atoms with Gasteiger partial charge in [-0.1, -0.05) is 0 Å². The van der Waals surface area contributed by atoms with Gasteiger partial charge in [-0.3, -0.25) is 4.40 Å². The van der Waals surface area contributed by atoms with Crippen molar-refractivity contribution in [3.05, 3.63) is 60.4 Å². The quantitative estimate of drug-likeness (QED) is 0.578. The number of hydrogen-bond acceptors (Lipinski definition) is 3. The van der Waals surface area contributed by atoms with Gasteiger partial charge in [-0.2, -0.15) is 0 Å². The summed E-state index contributed by atoms with van der Waals surface area (Å²) in [5.74, 6) is 0.255. The Hall–Kier alpha value is -2.88. The number of rotatable bonds is 1. The first-order valence-corrected chi connectivity index (χ1v) is 6.75. The minimum atomic E-state index is 0.255. The van der Waals surface area contributed by atoms with Crippen LogP contribution in [-0.2, 0) is 0 Å². The molecule has 0 amide bonds. The lowest BCUT2D eigenvalue weighted by Gasteiger charge is -2.01. The number of imidazole rings is 1. The molecule has 0 saturated heterocycles. The molecule has 3 heterocycles. The van der Waals surface area contributed by atoms with Crippen molar-refractivity contribution in [1.82, 2.24) is 14.4 Å². The molecule has 0 aliphatic rings. The van der Waals surface area contributed by atoms with Crippen molar-refractivity contribution in [1.29, 1.82) is 0 Å². The number of aryl methyl sites for hydroxylation is 1. The van der Waals surface area contributed by atoms with Crippen molar-refractivity contribution in [2.24, 2.45) is 0 Å². The molecule has 0 unspecified atom stereocenters. The zero-order valence-corrected chi connectivity index (χ0v) is 11.5. The topological polar surface area (TPSA) is 50.4 Å². The zero-order chi connectivity index (χ0) is 14.4. The van der Waals surface area contributed by atoms with E-state index in [9.17, 15) is 5.11 Å². The Bertz CT molecular complexity index is 955. The van der Waals surface area contributed by atoms with Crippen LogP contribution >= 0.6 is 0 Å². The Morgan fingerprint density at radius 1 is 0.905 bits per heavy atom. The van der Waals surface area contributed by atoms with Gasteiger partial charge in [-0.05, 0) is 55.5 Å². The van der Waals surface area contributed by atoms with Crippen LogP contribution in [0.4, 0.5) is 0 Å². The fraction of sp³-hybridized carbons (Fsp3) is 0.0588. The van der Waals surface area contributed by atoms with Crippen LogP contribution < -0.4 is 0 Å². The van der Waals surface area contributed by atoms with Crippen LogP contribution in [0, 0.1) is 6.92 Å². The monoisotopic (exact) mass is 275 g/mol. The van der Waals surface area contributed by atoms with Crippen LogP contribution in [0.3, 0.4) is 0 Å². The van der Waals surface area contributed by atoms with Crippen LogP contribution in [-0.4, -0.2) is 19.5 Å². The third-order valence-electron chi connectivity index (χ3n) is 3.58. The minimum Gasteiger partial charge on any atom is -0.508 e. The second kappa shape index (κ2) is 4.31. The molecule has 102 valence electrons. The number of aromatic nitrogens is 3. The lowest BCUT2D eigenvalue weighted by atomic mass is 10.2. The van der Waals surface area contributed by atoms with Crippen molar-refractivity contribution < 1.29 is 5.11 Å². The average Bonchev–Trinajstić information content (AvgIpc) is 2.92. The Kier molecular flexibility index (Phi) is 2.44. The summed E-state index contributed by atoms with van der Waals surface area (Å²) in [6.07, 6.45) is 1.98. The van der Waals surface area contributed by atoms with Gasteiger partial charge in [-0.25, -0.2) is 9.97 Å². The van der Waals surface area contributed by atoms with Crippen molar-refractivity contribution in [3.63, 3.8) is 0 Å². The van der Waals surface area contributed by atoms with E-state index in [1.54, 1.807) is 12.1 Å². The smallest absolute Gasteiger partial charge is 0.145 e. The van der Waals surface area contributed by atoms with E-state index < -0.39 is 0 Å². The van der Waals surface area contributed by atoms with E-state index >= 15 is 0 Å². The predicted octanol–water partition coefficient (Wildman–Crippen LogP) is 3.56. The predicted molar refractivity (Wildman–Crippen MR) is 82.3 cm³/mol. The van der Waals surface area contributed by atoms with E-state index in [4.69, 9.17) is 0 Å². The van der Waals surface area contributed by atoms with Gasteiger partial charge in [0.1, 0.15) is 17.0 Å². The van der Waals surface area contributed by atoms with Gasteiger partial charge in [0, 0.05) is 22.8 Å². The molecule has 4 nitrogen and oxygen atoms in total. The first-order chi connectivity index (χ1) is 10.2. The van der Waals surface area contributed by atoms with Crippen LogP contribution in [0.15, 0.2) is 54.7 Å². The van der Waals surface area contributed by atoms with Crippen LogP contribution in [0.5, 0.6) is 5.75 Å². The Morgan fingerprint density at radius 2 is 1.67 bits per heavy atom. The number of pyridine rings is 2. The maximum atomic E-state index is 9.38. The lowest BCUT2D eigenvalue weighted by Crippen LogP contribution is -1.91. The summed E-state index contributed by atoms with van der Waals surface area (Å²) in [7, 11) is 0. The number of phenolic OH excluding ortho intramolecular Hbond substituents is 1. The van der Waals surface area contributed by atoms with Crippen LogP contribution in [0.25, 0.3) is 27.9 Å². The second-order valence-electron chi connectivity index (χ2n) is 5.10. The Labute approximate surface area is 121 Å². The fourth-order valence-electron chi connectivity index (χ4n) is 2.49. The molecule has 3 aromatic heterocycles. The zero-order valence-electron chi connectivity index (χ0n) is 11.5. The summed E-state index contributed by atoms with van der Waals surface area (Å²) < 4.78 is 2.00. The summed E-state index contributed by atoms with van der Waals surface area (Å²) in [4.78, 5) is 9.24. The Morgan fingerprint density at radius 3 is 2.48 bits per heavy atom. The number of fused-ring (bicyclic) bond motifs is 3. The highest BCUT2D eigenvalue weighted by Gasteiger charge is 2.08. The first kappa shape index (κ1) is 11.9. The average molecular weight is 275 g/mol. The number of hydrogen-bond donors (Lipinski definition) is 1. The SMILES string of the molecule is Cc1ccc2ccc3nc(-c4ccc(O)cc4)cn3c2n1. The highest BCUT2D eigenvalue weighted by molar-refractivity contribution is 5.80. The summed E-state index contributed by atoms with van der Waals surface area (Å²) >= 11 is 0. The van der Waals surface area contributed by atoms with Gasteiger partial charge in [0.25, 0.3) is 0 Å². The van der Waals surface area contributed by atoms with E-state index in [2.05, 4.69) is 16.0 Å². The van der Waals surface area contributed by atoms with Crippen molar-refractivity contribution in [2.75, 3.05) is 0 Å². The molecule has 4 rings (SSSR count). The normalized spacial score (nSPS) is 11.3. The van der Waals surface area contributed by atoms with Gasteiger partial charge in [0.15, 0.2) is 0 Å². The largest absolute Gasteiger partial charge is 0.508 e. The molecule has 21 heavy (non-hydrogen) atoms. The van der Waals surface area contributed by atoms with Gasteiger partial charge in [0.2, 0.25) is 0 Å². The number of benzene rings is 1. The molecule has 0 fully saturated rings. The van der Waals surface area contributed by atoms with Crippen LogP contribution in [0.2, 0.25) is 0 Å². The molecule has 0 aliphatic carbocycles. The lowest BCUT2D eigenvalue weighted by molar-refractivity contribution is 0.475. The molecule has 4 aromatic rings. The summed E-state index contributed by atoms with van der Waals surface area (Å²) in [5, 5.41) is 10.5. The maximum Gasteiger partial charge on any atom is 0.145 e. The number of aromatic hydroxyl groups is 1. The molecular weight excluding hydrogens is 262 g/mol.